The molecule has 0 fully saturated rings. The number of hydrogen-bond donors (Lipinski definition) is 3. The average Bonchev–Trinajstić information content (AvgIpc) is 2.63. The van der Waals surface area contributed by atoms with E-state index in [-0.39, 0.29) is 24.2 Å². The topological polar surface area (TPSA) is 79.5 Å². The largest absolute Gasteiger partial charge is 0.435 e. The van der Waals surface area contributed by atoms with E-state index in [9.17, 15) is 18.4 Å². The average molecular weight is 405 g/mol. The minimum absolute atomic E-state index is 0.0405. The smallest absolute Gasteiger partial charge is 0.387 e. The van der Waals surface area contributed by atoms with Crippen molar-refractivity contribution >= 4 is 17.6 Å². The van der Waals surface area contributed by atoms with Gasteiger partial charge in [-0.05, 0) is 56.5 Å². The van der Waals surface area contributed by atoms with Crippen LogP contribution in [0, 0.1) is 20.8 Å². The Labute approximate surface area is 168 Å². The fourth-order valence-electron chi connectivity index (χ4n) is 2.99. The first-order valence-corrected chi connectivity index (χ1v) is 9.12. The van der Waals surface area contributed by atoms with Gasteiger partial charge in [0.25, 0.3) is 0 Å². The fraction of sp³-hybridized carbons (Fsp3) is 0.333. The van der Waals surface area contributed by atoms with Crippen molar-refractivity contribution < 1.29 is 23.1 Å². The number of carbonyl (C=O) groups is 2. The van der Waals surface area contributed by atoms with Crippen molar-refractivity contribution in [3.8, 4) is 5.75 Å². The van der Waals surface area contributed by atoms with Gasteiger partial charge in [0.2, 0.25) is 5.91 Å². The van der Waals surface area contributed by atoms with Gasteiger partial charge in [0, 0.05) is 5.69 Å². The molecule has 29 heavy (non-hydrogen) atoms. The molecule has 0 saturated carbocycles. The zero-order valence-electron chi connectivity index (χ0n) is 16.8. The van der Waals surface area contributed by atoms with Crippen LogP contribution in [0.4, 0.5) is 19.3 Å². The lowest BCUT2D eigenvalue weighted by Gasteiger charge is -2.16. The van der Waals surface area contributed by atoms with E-state index in [1.807, 2.05) is 32.9 Å². The number of benzene rings is 2. The molecule has 1 atom stereocenters. The Hall–Kier alpha value is -3.16. The number of carbonyl (C=O) groups excluding carboxylic acids is 2. The highest BCUT2D eigenvalue weighted by Crippen LogP contribution is 2.22. The molecule has 0 aromatic heterocycles. The highest BCUT2D eigenvalue weighted by atomic mass is 19.3. The first-order chi connectivity index (χ1) is 13.7. The summed E-state index contributed by atoms with van der Waals surface area (Å²) in [6.45, 7) is 4.47. The summed E-state index contributed by atoms with van der Waals surface area (Å²) < 4.78 is 28.7. The molecule has 6 nitrogen and oxygen atoms in total. The zero-order chi connectivity index (χ0) is 21.6. The molecular weight excluding hydrogens is 380 g/mol. The molecule has 0 aliphatic rings. The molecule has 0 heterocycles. The van der Waals surface area contributed by atoms with E-state index in [1.165, 1.54) is 12.1 Å². The van der Waals surface area contributed by atoms with Gasteiger partial charge in [-0.25, -0.2) is 4.79 Å². The van der Waals surface area contributed by atoms with Gasteiger partial charge >= 0.3 is 12.6 Å². The zero-order valence-corrected chi connectivity index (χ0v) is 16.8. The van der Waals surface area contributed by atoms with Gasteiger partial charge in [-0.2, -0.15) is 8.78 Å². The van der Waals surface area contributed by atoms with Crippen LogP contribution in [0.25, 0.3) is 0 Å². The van der Waals surface area contributed by atoms with Crippen molar-refractivity contribution in [2.45, 2.75) is 40.3 Å². The molecule has 0 saturated heterocycles. The van der Waals surface area contributed by atoms with Crippen LogP contribution in [-0.4, -0.2) is 25.1 Å². The van der Waals surface area contributed by atoms with Crippen molar-refractivity contribution in [2.24, 2.45) is 0 Å². The third kappa shape index (κ3) is 6.74. The van der Waals surface area contributed by atoms with E-state index in [4.69, 9.17) is 0 Å². The number of halogens is 2. The van der Waals surface area contributed by atoms with Crippen molar-refractivity contribution in [2.75, 3.05) is 11.9 Å². The van der Waals surface area contributed by atoms with E-state index in [0.29, 0.717) is 5.56 Å². The minimum atomic E-state index is -2.89. The molecule has 2 rings (SSSR count). The number of anilines is 1. The lowest BCUT2D eigenvalue weighted by molar-refractivity contribution is -0.115. The summed E-state index contributed by atoms with van der Waals surface area (Å²) in [5.74, 6) is -0.296. The van der Waals surface area contributed by atoms with E-state index in [1.54, 1.807) is 19.1 Å². The molecule has 3 N–H and O–H groups in total. The summed E-state index contributed by atoms with van der Waals surface area (Å²) >= 11 is 0. The van der Waals surface area contributed by atoms with Crippen LogP contribution in [0.3, 0.4) is 0 Å². The highest BCUT2D eigenvalue weighted by Gasteiger charge is 2.13. The summed E-state index contributed by atoms with van der Waals surface area (Å²) in [7, 11) is 0. The van der Waals surface area contributed by atoms with Gasteiger partial charge in [-0.1, -0.05) is 29.8 Å². The molecule has 0 aliphatic heterocycles. The van der Waals surface area contributed by atoms with Crippen LogP contribution in [-0.2, 0) is 4.79 Å². The number of hydrogen-bond acceptors (Lipinski definition) is 3. The second-order valence-electron chi connectivity index (χ2n) is 6.82. The number of amides is 3. The van der Waals surface area contributed by atoms with Crippen molar-refractivity contribution in [1.82, 2.24) is 10.6 Å². The Bertz CT molecular complexity index is 847. The number of rotatable bonds is 7. The summed E-state index contributed by atoms with van der Waals surface area (Å²) in [5, 5.41) is 8.00. The number of ether oxygens (including phenoxy) is 1. The van der Waals surface area contributed by atoms with Gasteiger partial charge in [0.1, 0.15) is 5.75 Å². The first-order valence-electron chi connectivity index (χ1n) is 9.12. The van der Waals surface area contributed by atoms with Crippen LogP contribution in [0.1, 0.15) is 35.2 Å². The molecule has 8 heteroatoms. The lowest BCUT2D eigenvalue weighted by Crippen LogP contribution is -2.41. The Morgan fingerprint density at radius 1 is 1.03 bits per heavy atom. The maximum atomic E-state index is 12.2. The van der Waals surface area contributed by atoms with Gasteiger partial charge in [-0.15, -0.1) is 0 Å². The second kappa shape index (κ2) is 9.86. The normalized spacial score (nSPS) is 11.7. The number of alkyl halides is 2. The Balaban J connectivity index is 1.84. The maximum Gasteiger partial charge on any atom is 0.387 e. The molecule has 0 aliphatic carbocycles. The van der Waals surface area contributed by atoms with Gasteiger partial charge < -0.3 is 20.7 Å². The maximum absolute atomic E-state index is 12.2. The van der Waals surface area contributed by atoms with Gasteiger partial charge in [-0.3, -0.25) is 4.79 Å². The Kier molecular flexibility index (Phi) is 7.52. The predicted molar refractivity (Wildman–Crippen MR) is 107 cm³/mol. The molecule has 0 bridgehead atoms. The summed E-state index contributed by atoms with van der Waals surface area (Å²) in [5.41, 5.74) is 4.46. The number of aryl methyl sites for hydroxylation is 3. The fourth-order valence-corrected chi connectivity index (χ4v) is 2.99. The van der Waals surface area contributed by atoms with Gasteiger partial charge in [0.15, 0.2) is 0 Å². The van der Waals surface area contributed by atoms with Crippen molar-refractivity contribution in [1.29, 1.82) is 0 Å². The molecule has 2 aromatic carbocycles. The summed E-state index contributed by atoms with van der Waals surface area (Å²) in [4.78, 5) is 24.2. The molecule has 0 spiro atoms. The van der Waals surface area contributed by atoms with E-state index in [2.05, 4.69) is 20.7 Å². The Morgan fingerprint density at radius 3 is 2.17 bits per heavy atom. The second-order valence-corrected chi connectivity index (χ2v) is 6.82. The van der Waals surface area contributed by atoms with E-state index >= 15 is 0 Å². The predicted octanol–water partition coefficient (Wildman–Crippen LogP) is 4.21. The lowest BCUT2D eigenvalue weighted by atomic mass is 10.1. The molecule has 1 unspecified atom stereocenters. The standard InChI is InChI=1S/C21H25F2N3O3/c1-12-9-13(2)19(14(3)10-12)26-18(27)11-24-21(28)25-15(4)16-5-7-17(8-6-16)29-20(22)23/h5-10,15,20H,11H2,1-4H3,(H,26,27)(H2,24,25,28). The minimum Gasteiger partial charge on any atom is -0.435 e. The summed E-state index contributed by atoms with van der Waals surface area (Å²) in [6.07, 6.45) is 0. The van der Waals surface area contributed by atoms with Crippen LogP contribution in [0.5, 0.6) is 5.75 Å². The SMILES string of the molecule is Cc1cc(C)c(NC(=O)CNC(=O)NC(C)c2ccc(OC(F)F)cc2)c(C)c1. The van der Waals surface area contributed by atoms with Crippen LogP contribution in [0.15, 0.2) is 36.4 Å². The van der Waals surface area contributed by atoms with Crippen LogP contribution >= 0.6 is 0 Å². The highest BCUT2D eigenvalue weighted by molar-refractivity contribution is 5.95. The van der Waals surface area contributed by atoms with Crippen molar-refractivity contribution in [3.63, 3.8) is 0 Å². The van der Waals surface area contributed by atoms with Gasteiger partial charge in [0.05, 0.1) is 12.6 Å². The third-order valence-electron chi connectivity index (χ3n) is 4.30. The Morgan fingerprint density at radius 2 is 1.62 bits per heavy atom. The van der Waals surface area contributed by atoms with E-state index < -0.39 is 12.6 Å². The summed E-state index contributed by atoms with van der Waals surface area (Å²) in [6, 6.07) is 9.01. The number of urea groups is 1. The monoisotopic (exact) mass is 405 g/mol. The van der Waals surface area contributed by atoms with Crippen LogP contribution < -0.4 is 20.7 Å². The molecular formula is C21H25F2N3O3. The first kappa shape index (κ1) is 22.1. The van der Waals surface area contributed by atoms with E-state index in [0.717, 1.165) is 22.4 Å². The quantitative estimate of drug-likeness (QED) is 0.646. The number of nitrogens with one attached hydrogen (secondary N) is 3. The van der Waals surface area contributed by atoms with Crippen LogP contribution in [0.2, 0.25) is 0 Å². The molecule has 3 amide bonds. The third-order valence-corrected chi connectivity index (χ3v) is 4.30. The molecule has 156 valence electrons. The molecule has 2 aromatic rings. The van der Waals surface area contributed by atoms with Crippen molar-refractivity contribution in [3.05, 3.63) is 58.7 Å². The molecule has 0 radical (unpaired) electrons.